The number of hydrogen-bond donors (Lipinski definition) is 1. The maximum atomic E-state index is 13.5. The second-order valence-electron chi connectivity index (χ2n) is 3.25. The summed E-state index contributed by atoms with van der Waals surface area (Å²) < 4.78 is 31.1. The Bertz CT molecular complexity index is 517. The summed E-state index contributed by atoms with van der Waals surface area (Å²) in [6, 6.07) is 4.19. The molecule has 0 spiro atoms. The highest BCUT2D eigenvalue weighted by Crippen LogP contribution is 2.22. The zero-order valence-electron chi connectivity index (χ0n) is 8.73. The van der Waals surface area contributed by atoms with E-state index in [2.05, 4.69) is 9.97 Å². The summed E-state index contributed by atoms with van der Waals surface area (Å²) >= 11 is 0. The molecule has 0 amide bonds. The number of hydrogen-bond acceptors (Lipinski definition) is 4. The SMILES string of the molecule is NCc1ccc(Oc2ncc(F)cn2)c(F)c1. The lowest BCUT2D eigenvalue weighted by molar-refractivity contribution is 0.407. The van der Waals surface area contributed by atoms with Crippen LogP contribution >= 0.6 is 0 Å². The van der Waals surface area contributed by atoms with E-state index in [-0.39, 0.29) is 18.3 Å². The summed E-state index contributed by atoms with van der Waals surface area (Å²) in [4.78, 5) is 7.12. The van der Waals surface area contributed by atoms with Crippen LogP contribution in [0, 0.1) is 11.6 Å². The molecule has 0 bridgehead atoms. The fourth-order valence-electron chi connectivity index (χ4n) is 1.21. The molecule has 88 valence electrons. The Morgan fingerprint density at radius 1 is 1.18 bits per heavy atom. The van der Waals surface area contributed by atoms with Crippen LogP contribution in [0.4, 0.5) is 8.78 Å². The van der Waals surface area contributed by atoms with Gasteiger partial charge in [0.25, 0.3) is 0 Å². The quantitative estimate of drug-likeness (QED) is 0.886. The maximum absolute atomic E-state index is 13.5. The zero-order chi connectivity index (χ0) is 12.3. The monoisotopic (exact) mass is 237 g/mol. The molecule has 6 heteroatoms. The first-order valence-electron chi connectivity index (χ1n) is 4.83. The summed E-state index contributed by atoms with van der Waals surface area (Å²) in [5.74, 6) is -1.19. The van der Waals surface area contributed by atoms with Crippen LogP contribution in [0.1, 0.15) is 5.56 Å². The summed E-state index contributed by atoms with van der Waals surface area (Å²) in [6.07, 6.45) is 1.88. The Hall–Kier alpha value is -2.08. The molecule has 1 heterocycles. The maximum Gasteiger partial charge on any atom is 0.322 e. The number of halogens is 2. The van der Waals surface area contributed by atoms with Gasteiger partial charge in [0.1, 0.15) is 0 Å². The van der Waals surface area contributed by atoms with E-state index in [1.54, 1.807) is 6.07 Å². The average molecular weight is 237 g/mol. The summed E-state index contributed by atoms with van der Waals surface area (Å²) in [7, 11) is 0. The molecule has 0 fully saturated rings. The molecule has 2 N–H and O–H groups in total. The number of nitrogens with two attached hydrogens (primary N) is 1. The van der Waals surface area contributed by atoms with Crippen molar-refractivity contribution in [3.8, 4) is 11.8 Å². The minimum atomic E-state index is -0.587. The van der Waals surface area contributed by atoms with Crippen LogP contribution in [0.2, 0.25) is 0 Å². The lowest BCUT2D eigenvalue weighted by Crippen LogP contribution is -1.99. The van der Waals surface area contributed by atoms with Crippen molar-refractivity contribution >= 4 is 0 Å². The van der Waals surface area contributed by atoms with Gasteiger partial charge in [0.05, 0.1) is 12.4 Å². The van der Waals surface area contributed by atoms with E-state index in [9.17, 15) is 8.78 Å². The molecular formula is C11H9F2N3O. The van der Waals surface area contributed by atoms with E-state index >= 15 is 0 Å². The van der Waals surface area contributed by atoms with Crippen LogP contribution in [0.15, 0.2) is 30.6 Å². The predicted molar refractivity (Wildman–Crippen MR) is 56.4 cm³/mol. The van der Waals surface area contributed by atoms with E-state index < -0.39 is 11.6 Å². The highest BCUT2D eigenvalue weighted by atomic mass is 19.1. The molecule has 4 nitrogen and oxygen atoms in total. The van der Waals surface area contributed by atoms with E-state index in [4.69, 9.17) is 10.5 Å². The molecule has 0 radical (unpaired) electrons. The third-order valence-electron chi connectivity index (χ3n) is 2.03. The second kappa shape index (κ2) is 4.84. The molecule has 0 aliphatic rings. The molecule has 0 saturated carbocycles. The Morgan fingerprint density at radius 2 is 1.88 bits per heavy atom. The van der Waals surface area contributed by atoms with Gasteiger partial charge in [0, 0.05) is 6.54 Å². The minimum absolute atomic E-state index is 0.0335. The van der Waals surface area contributed by atoms with Crippen molar-refractivity contribution in [1.82, 2.24) is 9.97 Å². The molecule has 1 aromatic heterocycles. The average Bonchev–Trinajstić information content (AvgIpc) is 2.34. The topological polar surface area (TPSA) is 61.0 Å². The molecule has 2 aromatic rings. The van der Waals surface area contributed by atoms with Crippen LogP contribution in [-0.4, -0.2) is 9.97 Å². The molecule has 0 unspecified atom stereocenters. The molecule has 17 heavy (non-hydrogen) atoms. The van der Waals surface area contributed by atoms with Gasteiger partial charge in [-0.2, -0.15) is 0 Å². The van der Waals surface area contributed by atoms with Crippen molar-refractivity contribution in [1.29, 1.82) is 0 Å². The fourth-order valence-corrected chi connectivity index (χ4v) is 1.21. The fraction of sp³-hybridized carbons (Fsp3) is 0.0909. The van der Waals surface area contributed by atoms with Crippen molar-refractivity contribution in [3.63, 3.8) is 0 Å². The lowest BCUT2D eigenvalue weighted by Gasteiger charge is -2.05. The largest absolute Gasteiger partial charge is 0.421 e. The lowest BCUT2D eigenvalue weighted by atomic mass is 10.2. The molecule has 0 saturated heterocycles. The first-order chi connectivity index (χ1) is 8.19. The first-order valence-corrected chi connectivity index (χ1v) is 4.83. The zero-order valence-corrected chi connectivity index (χ0v) is 8.73. The predicted octanol–water partition coefficient (Wildman–Crippen LogP) is 2.01. The van der Waals surface area contributed by atoms with Crippen molar-refractivity contribution in [2.75, 3.05) is 0 Å². The Labute approximate surface area is 96.1 Å². The van der Waals surface area contributed by atoms with E-state index in [0.29, 0.717) is 5.56 Å². The van der Waals surface area contributed by atoms with Crippen molar-refractivity contribution < 1.29 is 13.5 Å². The van der Waals surface area contributed by atoms with Gasteiger partial charge in [0.15, 0.2) is 17.4 Å². The van der Waals surface area contributed by atoms with Gasteiger partial charge in [-0.05, 0) is 17.7 Å². The van der Waals surface area contributed by atoms with E-state index in [1.165, 1.54) is 12.1 Å². The molecule has 1 aromatic carbocycles. The van der Waals surface area contributed by atoms with Gasteiger partial charge in [-0.15, -0.1) is 0 Å². The third kappa shape index (κ3) is 2.73. The summed E-state index contributed by atoms with van der Waals surface area (Å²) in [5.41, 5.74) is 6.01. The summed E-state index contributed by atoms with van der Waals surface area (Å²) in [5, 5.41) is 0. The Kier molecular flexibility index (Phi) is 3.24. The molecule has 2 rings (SSSR count). The van der Waals surface area contributed by atoms with Crippen molar-refractivity contribution in [2.45, 2.75) is 6.54 Å². The molecule has 0 aliphatic carbocycles. The second-order valence-corrected chi connectivity index (χ2v) is 3.25. The smallest absolute Gasteiger partial charge is 0.322 e. The van der Waals surface area contributed by atoms with Crippen molar-refractivity contribution in [2.24, 2.45) is 5.73 Å². The number of aromatic nitrogens is 2. The number of nitrogens with zero attached hydrogens (tertiary/aromatic N) is 2. The first kappa shape index (κ1) is 11.4. The van der Waals surface area contributed by atoms with Gasteiger partial charge in [-0.3, -0.25) is 0 Å². The van der Waals surface area contributed by atoms with Gasteiger partial charge < -0.3 is 10.5 Å². The van der Waals surface area contributed by atoms with Crippen molar-refractivity contribution in [3.05, 3.63) is 47.8 Å². The van der Waals surface area contributed by atoms with Crippen LogP contribution in [0.25, 0.3) is 0 Å². The van der Waals surface area contributed by atoms with Crippen LogP contribution < -0.4 is 10.5 Å². The molecular weight excluding hydrogens is 228 g/mol. The number of ether oxygens (including phenoxy) is 1. The van der Waals surface area contributed by atoms with Crippen LogP contribution in [0.3, 0.4) is 0 Å². The number of rotatable bonds is 3. The van der Waals surface area contributed by atoms with Gasteiger partial charge >= 0.3 is 6.01 Å². The van der Waals surface area contributed by atoms with Gasteiger partial charge in [0.2, 0.25) is 0 Å². The van der Waals surface area contributed by atoms with Gasteiger partial charge in [-0.1, -0.05) is 6.07 Å². The third-order valence-corrected chi connectivity index (χ3v) is 2.03. The standard InChI is InChI=1S/C11H9F2N3O/c12-8-5-15-11(16-6-8)17-10-2-1-7(4-14)3-9(10)13/h1-3,5-6H,4,14H2. The highest BCUT2D eigenvalue weighted by Gasteiger charge is 2.07. The highest BCUT2D eigenvalue weighted by molar-refractivity contribution is 5.31. The molecule has 0 atom stereocenters. The van der Waals surface area contributed by atoms with Crippen LogP contribution in [0.5, 0.6) is 11.8 Å². The normalized spacial score (nSPS) is 10.3. The Morgan fingerprint density at radius 3 is 2.47 bits per heavy atom. The van der Waals surface area contributed by atoms with E-state index in [1.807, 2.05) is 0 Å². The van der Waals surface area contributed by atoms with E-state index in [0.717, 1.165) is 12.4 Å². The van der Waals surface area contributed by atoms with Gasteiger partial charge in [-0.25, -0.2) is 18.7 Å². The van der Waals surface area contributed by atoms with Crippen LogP contribution in [-0.2, 0) is 6.54 Å². The number of benzene rings is 1. The summed E-state index contributed by atoms with van der Waals surface area (Å²) in [6.45, 7) is 0.240. The molecule has 0 aliphatic heterocycles. The Balaban J connectivity index is 2.21. The minimum Gasteiger partial charge on any atom is -0.421 e.